The maximum atomic E-state index is 14.2. The van der Waals surface area contributed by atoms with E-state index in [9.17, 15) is 9.18 Å². The van der Waals surface area contributed by atoms with Crippen LogP contribution in [0, 0.1) is 12.7 Å². The summed E-state index contributed by atoms with van der Waals surface area (Å²) in [4.78, 5) is 20.4. The molecule has 0 radical (unpaired) electrons. The van der Waals surface area contributed by atoms with Gasteiger partial charge in [-0.05, 0) is 56.1 Å². The van der Waals surface area contributed by atoms with Crippen LogP contribution in [0.4, 0.5) is 10.1 Å². The van der Waals surface area contributed by atoms with Gasteiger partial charge in [0.15, 0.2) is 0 Å². The number of piperidine rings is 1. The third-order valence-corrected chi connectivity index (χ3v) is 5.81. The van der Waals surface area contributed by atoms with Gasteiger partial charge in [0.2, 0.25) is 0 Å². The van der Waals surface area contributed by atoms with E-state index in [0.717, 1.165) is 37.2 Å². The summed E-state index contributed by atoms with van der Waals surface area (Å²) in [6, 6.07) is 4.94. The van der Waals surface area contributed by atoms with Crippen LogP contribution < -0.4 is 16.6 Å². The number of pyridine rings is 2. The van der Waals surface area contributed by atoms with Gasteiger partial charge in [-0.3, -0.25) is 9.89 Å². The van der Waals surface area contributed by atoms with Crippen molar-refractivity contribution in [3.05, 3.63) is 51.8 Å². The number of nitrogens with one attached hydrogen (secondary N) is 3. The molecule has 5 rings (SSSR count). The van der Waals surface area contributed by atoms with Crippen LogP contribution in [0.5, 0.6) is 0 Å². The average molecular weight is 392 g/mol. The zero-order valence-corrected chi connectivity index (χ0v) is 16.0. The molecule has 0 atom stereocenters. The monoisotopic (exact) mass is 392 g/mol. The molecule has 148 valence electrons. The Labute approximate surface area is 165 Å². The highest BCUT2D eigenvalue weighted by Gasteiger charge is 2.23. The number of anilines is 1. The molecule has 1 aromatic carbocycles. The van der Waals surface area contributed by atoms with Crippen LogP contribution in [-0.2, 0) is 0 Å². The van der Waals surface area contributed by atoms with Gasteiger partial charge < -0.3 is 16.0 Å². The summed E-state index contributed by atoms with van der Waals surface area (Å²) >= 11 is 0. The zero-order chi connectivity index (χ0) is 20.1. The van der Waals surface area contributed by atoms with Gasteiger partial charge in [0, 0.05) is 22.6 Å². The SMILES string of the molecule is Cc1cc2[nH]c(=O)c(N)c(-c3ccc(F)c4[nH]ncc34)c2nc1C1CCNCC1. The summed E-state index contributed by atoms with van der Waals surface area (Å²) in [5.41, 5.74) is 10.7. The van der Waals surface area contributed by atoms with Crippen LogP contribution in [0.15, 0.2) is 29.2 Å². The number of H-pyrrole nitrogens is 2. The van der Waals surface area contributed by atoms with Crippen LogP contribution in [-0.4, -0.2) is 33.3 Å². The minimum Gasteiger partial charge on any atom is -0.394 e. The maximum absolute atomic E-state index is 14.2. The number of aromatic nitrogens is 4. The first kappa shape index (κ1) is 17.8. The number of nitrogen functional groups attached to an aromatic ring is 1. The standard InChI is InChI=1S/C21H21FN6O/c1-10-8-15-20(27-18(10)11-4-6-24-7-5-11)16(17(23)21(29)26-15)12-2-3-14(22)19-13(12)9-25-28-19/h2-3,8-9,11,24H,4-7,23H2,1H3,(H,25,28)(H,26,29). The molecular formula is C21H21FN6O. The Kier molecular flexibility index (Phi) is 4.09. The second-order valence-corrected chi connectivity index (χ2v) is 7.61. The van der Waals surface area contributed by atoms with Gasteiger partial charge in [-0.2, -0.15) is 5.10 Å². The Morgan fingerprint density at radius 2 is 2.03 bits per heavy atom. The molecule has 0 aliphatic carbocycles. The molecule has 0 bridgehead atoms. The maximum Gasteiger partial charge on any atom is 0.272 e. The highest BCUT2D eigenvalue weighted by Crippen LogP contribution is 2.37. The molecule has 0 unspecified atom stereocenters. The second kappa shape index (κ2) is 6.66. The number of nitrogens with two attached hydrogens (primary N) is 1. The van der Waals surface area contributed by atoms with Crippen LogP contribution in [0.25, 0.3) is 33.1 Å². The van der Waals surface area contributed by atoms with E-state index >= 15 is 0 Å². The number of aromatic amines is 2. The minimum absolute atomic E-state index is 0.0687. The summed E-state index contributed by atoms with van der Waals surface area (Å²) in [6.45, 7) is 3.93. The highest BCUT2D eigenvalue weighted by atomic mass is 19.1. The van der Waals surface area contributed by atoms with Crippen molar-refractivity contribution in [3.8, 4) is 11.1 Å². The Hall–Kier alpha value is -3.26. The Morgan fingerprint density at radius 3 is 2.83 bits per heavy atom. The first-order valence-corrected chi connectivity index (χ1v) is 9.70. The molecule has 0 amide bonds. The molecule has 8 heteroatoms. The first-order valence-electron chi connectivity index (χ1n) is 9.70. The van der Waals surface area contributed by atoms with Crippen molar-refractivity contribution in [3.63, 3.8) is 0 Å². The van der Waals surface area contributed by atoms with Gasteiger partial charge in [-0.15, -0.1) is 0 Å². The number of rotatable bonds is 2. The van der Waals surface area contributed by atoms with E-state index in [2.05, 4.69) is 20.5 Å². The van der Waals surface area contributed by atoms with Crippen LogP contribution in [0.3, 0.4) is 0 Å². The number of hydrogen-bond donors (Lipinski definition) is 4. The van der Waals surface area contributed by atoms with Crippen molar-refractivity contribution in [2.45, 2.75) is 25.7 Å². The van der Waals surface area contributed by atoms with Gasteiger partial charge in [0.1, 0.15) is 17.0 Å². The van der Waals surface area contributed by atoms with E-state index in [-0.39, 0.29) is 16.8 Å². The lowest BCUT2D eigenvalue weighted by Crippen LogP contribution is -2.27. The van der Waals surface area contributed by atoms with E-state index < -0.39 is 5.82 Å². The van der Waals surface area contributed by atoms with Crippen LogP contribution in [0.1, 0.15) is 30.0 Å². The van der Waals surface area contributed by atoms with Gasteiger partial charge >= 0.3 is 0 Å². The van der Waals surface area contributed by atoms with Crippen molar-refractivity contribution < 1.29 is 4.39 Å². The Bertz CT molecular complexity index is 1300. The third kappa shape index (κ3) is 2.79. The molecule has 7 nitrogen and oxygen atoms in total. The fraction of sp³-hybridized carbons (Fsp3) is 0.286. The summed E-state index contributed by atoms with van der Waals surface area (Å²) in [5.74, 6) is -0.0584. The lowest BCUT2D eigenvalue weighted by molar-refractivity contribution is 0.452. The second-order valence-electron chi connectivity index (χ2n) is 7.61. The van der Waals surface area contributed by atoms with Crippen molar-refractivity contribution in [2.75, 3.05) is 18.8 Å². The molecule has 1 saturated heterocycles. The number of halogens is 1. The van der Waals surface area contributed by atoms with E-state index in [4.69, 9.17) is 10.7 Å². The number of fused-ring (bicyclic) bond motifs is 2. The summed E-state index contributed by atoms with van der Waals surface area (Å²) in [5, 5.41) is 10.6. The van der Waals surface area contributed by atoms with E-state index in [1.165, 1.54) is 6.07 Å². The molecule has 5 N–H and O–H groups in total. The van der Waals surface area contributed by atoms with E-state index in [1.54, 1.807) is 12.3 Å². The van der Waals surface area contributed by atoms with Gasteiger partial charge in [-0.1, -0.05) is 6.07 Å². The fourth-order valence-electron chi connectivity index (χ4n) is 4.35. The Morgan fingerprint density at radius 1 is 1.24 bits per heavy atom. The number of nitrogens with zero attached hydrogens (tertiary/aromatic N) is 2. The molecule has 1 fully saturated rings. The quantitative estimate of drug-likeness (QED) is 0.419. The molecule has 1 aliphatic heterocycles. The summed E-state index contributed by atoms with van der Waals surface area (Å²) < 4.78 is 14.2. The normalized spacial score (nSPS) is 15.4. The van der Waals surface area contributed by atoms with Crippen molar-refractivity contribution >= 4 is 27.6 Å². The third-order valence-electron chi connectivity index (χ3n) is 5.81. The smallest absolute Gasteiger partial charge is 0.272 e. The molecule has 4 heterocycles. The molecule has 4 aromatic rings. The van der Waals surface area contributed by atoms with Crippen LogP contribution in [0.2, 0.25) is 0 Å². The molecule has 1 aliphatic rings. The fourth-order valence-corrected chi connectivity index (χ4v) is 4.35. The molecule has 3 aromatic heterocycles. The highest BCUT2D eigenvalue weighted by molar-refractivity contribution is 6.06. The lowest BCUT2D eigenvalue weighted by atomic mass is 9.90. The van der Waals surface area contributed by atoms with E-state index in [1.807, 2.05) is 13.0 Å². The van der Waals surface area contributed by atoms with Crippen molar-refractivity contribution in [1.82, 2.24) is 25.5 Å². The van der Waals surface area contributed by atoms with Gasteiger partial charge in [0.05, 0.1) is 17.2 Å². The number of hydrogen-bond acceptors (Lipinski definition) is 5. The van der Waals surface area contributed by atoms with E-state index in [0.29, 0.717) is 33.5 Å². The minimum atomic E-state index is -0.409. The number of aryl methyl sites for hydroxylation is 1. The van der Waals surface area contributed by atoms with Crippen molar-refractivity contribution in [1.29, 1.82) is 0 Å². The average Bonchev–Trinajstić information content (AvgIpc) is 3.22. The van der Waals surface area contributed by atoms with Gasteiger partial charge in [-0.25, -0.2) is 9.37 Å². The van der Waals surface area contributed by atoms with Gasteiger partial charge in [0.25, 0.3) is 5.56 Å². The topological polar surface area (TPSA) is 112 Å². The molecule has 0 saturated carbocycles. The number of benzene rings is 1. The summed E-state index contributed by atoms with van der Waals surface area (Å²) in [6.07, 6.45) is 3.56. The Balaban J connectivity index is 1.84. The molecule has 29 heavy (non-hydrogen) atoms. The largest absolute Gasteiger partial charge is 0.394 e. The summed E-state index contributed by atoms with van der Waals surface area (Å²) in [7, 11) is 0. The lowest BCUT2D eigenvalue weighted by Gasteiger charge is -2.24. The van der Waals surface area contributed by atoms with Crippen LogP contribution >= 0.6 is 0 Å². The molecular weight excluding hydrogens is 371 g/mol. The predicted octanol–water partition coefficient (Wildman–Crippen LogP) is 2.96. The van der Waals surface area contributed by atoms with Crippen molar-refractivity contribution in [2.24, 2.45) is 0 Å². The first-order chi connectivity index (χ1) is 14.0. The predicted molar refractivity (Wildman–Crippen MR) is 111 cm³/mol. The zero-order valence-electron chi connectivity index (χ0n) is 16.0. The molecule has 0 spiro atoms.